The summed E-state index contributed by atoms with van der Waals surface area (Å²) in [6.07, 6.45) is 0.355. The van der Waals surface area contributed by atoms with Gasteiger partial charge in [0.1, 0.15) is 12.6 Å². The Morgan fingerprint density at radius 1 is 1.19 bits per heavy atom. The fourth-order valence-corrected chi connectivity index (χ4v) is 3.45. The number of carboxylic acid groups (broad SMARTS) is 1. The van der Waals surface area contributed by atoms with Crippen molar-refractivity contribution in [2.24, 2.45) is 0 Å². The Bertz CT molecular complexity index is 649. The van der Waals surface area contributed by atoms with Crippen molar-refractivity contribution in [2.75, 3.05) is 13.2 Å². The Morgan fingerprint density at radius 2 is 1.85 bits per heavy atom. The molecule has 3 atom stereocenters. The molecule has 3 rings (SSSR count). The lowest BCUT2D eigenvalue weighted by Crippen LogP contribution is -2.56. The summed E-state index contributed by atoms with van der Waals surface area (Å²) in [4.78, 5) is 37.7. The van der Waals surface area contributed by atoms with E-state index < -0.39 is 24.5 Å². The van der Waals surface area contributed by atoms with Crippen LogP contribution in [0.1, 0.15) is 24.8 Å². The zero-order valence-corrected chi connectivity index (χ0v) is 14.3. The number of carboxylic acids is 1. The highest BCUT2D eigenvalue weighted by atomic mass is 16.5. The monoisotopic (exact) mass is 362 g/mol. The highest BCUT2D eigenvalue weighted by molar-refractivity contribution is 5.90. The molecule has 0 saturated carbocycles. The maximum Gasteiger partial charge on any atom is 0.408 e. The van der Waals surface area contributed by atoms with Crippen LogP contribution in [-0.4, -0.2) is 59.3 Å². The number of rotatable bonds is 6. The van der Waals surface area contributed by atoms with Gasteiger partial charge in [-0.15, -0.1) is 0 Å². The Kier molecular flexibility index (Phi) is 5.72. The highest BCUT2D eigenvalue weighted by Crippen LogP contribution is 2.29. The van der Waals surface area contributed by atoms with Crippen LogP contribution in [0.5, 0.6) is 0 Å². The first kappa shape index (κ1) is 18.2. The summed E-state index contributed by atoms with van der Waals surface area (Å²) in [7, 11) is 0. The van der Waals surface area contributed by atoms with Gasteiger partial charge in [-0.05, 0) is 18.4 Å². The van der Waals surface area contributed by atoms with Gasteiger partial charge in [0, 0.05) is 0 Å². The number of morpholine rings is 1. The molecule has 2 bridgehead atoms. The third-order valence-electron chi connectivity index (χ3n) is 4.68. The number of carbonyl (C=O) groups excluding carboxylic acids is 2. The number of carbonyl (C=O) groups is 3. The van der Waals surface area contributed by atoms with Crippen LogP contribution in [0.2, 0.25) is 0 Å². The van der Waals surface area contributed by atoms with Crippen LogP contribution in [0.25, 0.3) is 0 Å². The van der Waals surface area contributed by atoms with Crippen molar-refractivity contribution in [2.45, 2.75) is 44.0 Å². The van der Waals surface area contributed by atoms with E-state index in [0.29, 0.717) is 13.2 Å². The summed E-state index contributed by atoms with van der Waals surface area (Å²) in [6, 6.07) is 7.83. The SMILES string of the molecule is O=C(O)CC(NC(=O)OCc1ccccc1)C(=O)N1C2CCC1COC2. The van der Waals surface area contributed by atoms with Crippen molar-refractivity contribution in [3.8, 4) is 0 Å². The zero-order chi connectivity index (χ0) is 18.5. The van der Waals surface area contributed by atoms with Gasteiger partial charge in [0.15, 0.2) is 0 Å². The largest absolute Gasteiger partial charge is 0.481 e. The molecule has 26 heavy (non-hydrogen) atoms. The number of alkyl carbamates (subject to hydrolysis) is 1. The van der Waals surface area contributed by atoms with E-state index in [4.69, 9.17) is 14.6 Å². The quantitative estimate of drug-likeness (QED) is 0.786. The van der Waals surface area contributed by atoms with Crippen LogP contribution in [0.15, 0.2) is 30.3 Å². The fourth-order valence-electron chi connectivity index (χ4n) is 3.45. The molecule has 2 amide bonds. The lowest BCUT2D eigenvalue weighted by molar-refractivity contribution is -0.147. The minimum absolute atomic E-state index is 0.0451. The zero-order valence-electron chi connectivity index (χ0n) is 14.3. The molecular formula is C18H22N2O6. The van der Waals surface area contributed by atoms with E-state index in [0.717, 1.165) is 18.4 Å². The van der Waals surface area contributed by atoms with Gasteiger partial charge in [-0.25, -0.2) is 4.79 Å². The lowest BCUT2D eigenvalue weighted by atomic mass is 10.1. The van der Waals surface area contributed by atoms with Gasteiger partial charge in [0.2, 0.25) is 5.91 Å². The molecule has 2 fully saturated rings. The second-order valence-electron chi connectivity index (χ2n) is 6.52. The van der Waals surface area contributed by atoms with Crippen LogP contribution in [0.4, 0.5) is 4.79 Å². The number of hydrogen-bond acceptors (Lipinski definition) is 5. The summed E-state index contributed by atoms with van der Waals surface area (Å²) >= 11 is 0. The molecule has 8 heteroatoms. The summed E-state index contributed by atoms with van der Waals surface area (Å²) in [5.74, 6) is -1.55. The van der Waals surface area contributed by atoms with Crippen molar-refractivity contribution in [1.82, 2.24) is 10.2 Å². The van der Waals surface area contributed by atoms with Gasteiger partial charge < -0.3 is 24.8 Å². The number of aliphatic carboxylic acids is 1. The molecule has 2 heterocycles. The minimum atomic E-state index is -1.16. The van der Waals surface area contributed by atoms with Gasteiger partial charge in [-0.2, -0.15) is 0 Å². The van der Waals surface area contributed by atoms with Gasteiger partial charge >= 0.3 is 12.1 Å². The number of hydrogen-bond donors (Lipinski definition) is 2. The van der Waals surface area contributed by atoms with Crippen LogP contribution < -0.4 is 5.32 Å². The van der Waals surface area contributed by atoms with Crippen LogP contribution in [0, 0.1) is 0 Å². The first-order chi connectivity index (χ1) is 12.5. The van der Waals surface area contributed by atoms with E-state index >= 15 is 0 Å². The normalized spacial score (nSPS) is 22.5. The Hall–Kier alpha value is -2.61. The Labute approximate surface area is 151 Å². The van der Waals surface area contributed by atoms with Crippen LogP contribution in [-0.2, 0) is 25.7 Å². The van der Waals surface area contributed by atoms with Crippen LogP contribution >= 0.6 is 0 Å². The third-order valence-corrected chi connectivity index (χ3v) is 4.68. The number of fused-ring (bicyclic) bond motifs is 2. The molecule has 140 valence electrons. The summed E-state index contributed by atoms with van der Waals surface area (Å²) < 4.78 is 10.6. The van der Waals surface area contributed by atoms with Crippen molar-refractivity contribution < 1.29 is 29.0 Å². The smallest absolute Gasteiger partial charge is 0.408 e. The maximum absolute atomic E-state index is 12.8. The fraction of sp³-hybridized carbons (Fsp3) is 0.500. The maximum atomic E-state index is 12.8. The molecule has 0 spiro atoms. The summed E-state index contributed by atoms with van der Waals surface area (Å²) in [5.41, 5.74) is 0.801. The second-order valence-corrected chi connectivity index (χ2v) is 6.52. The molecule has 0 aliphatic carbocycles. The molecular weight excluding hydrogens is 340 g/mol. The van der Waals surface area contributed by atoms with E-state index in [1.807, 2.05) is 18.2 Å². The van der Waals surface area contributed by atoms with Crippen molar-refractivity contribution in [3.63, 3.8) is 0 Å². The number of nitrogens with zero attached hydrogens (tertiary/aromatic N) is 1. The molecule has 1 aromatic rings. The molecule has 2 aliphatic rings. The van der Waals surface area contributed by atoms with Gasteiger partial charge in [0.25, 0.3) is 0 Å². The minimum Gasteiger partial charge on any atom is -0.481 e. The van der Waals surface area contributed by atoms with Crippen molar-refractivity contribution in [3.05, 3.63) is 35.9 Å². The summed E-state index contributed by atoms with van der Waals surface area (Å²) in [6.45, 7) is 0.935. The topological polar surface area (TPSA) is 105 Å². The van der Waals surface area contributed by atoms with Gasteiger partial charge in [-0.3, -0.25) is 9.59 Å². The van der Waals surface area contributed by atoms with E-state index in [9.17, 15) is 14.4 Å². The Balaban J connectivity index is 1.61. The predicted octanol–water partition coefficient (Wildman–Crippen LogP) is 1.15. The molecule has 1 aromatic carbocycles. The molecule has 2 aliphatic heterocycles. The van der Waals surface area contributed by atoms with E-state index in [2.05, 4.69) is 5.32 Å². The highest BCUT2D eigenvalue weighted by Gasteiger charge is 2.43. The molecule has 2 saturated heterocycles. The van der Waals surface area contributed by atoms with Gasteiger partial charge in [0.05, 0.1) is 31.7 Å². The van der Waals surface area contributed by atoms with Crippen LogP contribution in [0.3, 0.4) is 0 Å². The number of benzene rings is 1. The van der Waals surface area contributed by atoms with Gasteiger partial charge in [-0.1, -0.05) is 30.3 Å². The van der Waals surface area contributed by atoms with E-state index in [1.54, 1.807) is 17.0 Å². The predicted molar refractivity (Wildman–Crippen MR) is 90.3 cm³/mol. The molecule has 0 aromatic heterocycles. The Morgan fingerprint density at radius 3 is 2.46 bits per heavy atom. The van der Waals surface area contributed by atoms with E-state index in [1.165, 1.54) is 0 Å². The number of nitrogens with one attached hydrogen (secondary N) is 1. The van der Waals surface area contributed by atoms with E-state index in [-0.39, 0.29) is 24.6 Å². The average Bonchev–Trinajstić information content (AvgIpc) is 2.87. The lowest BCUT2D eigenvalue weighted by Gasteiger charge is -2.36. The molecule has 3 unspecified atom stereocenters. The summed E-state index contributed by atoms with van der Waals surface area (Å²) in [5, 5.41) is 11.5. The first-order valence-electron chi connectivity index (χ1n) is 8.63. The standard InChI is InChI=1S/C18H22N2O6/c21-16(22)8-15(17(23)20-13-6-7-14(20)11-25-10-13)19-18(24)26-9-12-4-2-1-3-5-12/h1-5,13-15H,6-11H2,(H,19,24)(H,21,22). The second kappa shape index (κ2) is 8.18. The first-order valence-corrected chi connectivity index (χ1v) is 8.63. The molecule has 2 N–H and O–H groups in total. The molecule has 0 radical (unpaired) electrons. The third kappa shape index (κ3) is 4.32. The number of ether oxygens (including phenoxy) is 2. The van der Waals surface area contributed by atoms with Crippen molar-refractivity contribution >= 4 is 18.0 Å². The average molecular weight is 362 g/mol. The number of amides is 2. The van der Waals surface area contributed by atoms with Crippen molar-refractivity contribution in [1.29, 1.82) is 0 Å². The molecule has 8 nitrogen and oxygen atoms in total.